The second kappa shape index (κ2) is 7.73. The van der Waals surface area contributed by atoms with Crippen molar-refractivity contribution in [2.24, 2.45) is 0 Å². The maximum atomic E-state index is 13.1. The van der Waals surface area contributed by atoms with E-state index in [4.69, 9.17) is 4.74 Å². The van der Waals surface area contributed by atoms with Crippen LogP contribution in [0.25, 0.3) is 0 Å². The summed E-state index contributed by atoms with van der Waals surface area (Å²) < 4.78 is 5.36. The predicted molar refractivity (Wildman–Crippen MR) is 101 cm³/mol. The molecule has 3 nitrogen and oxygen atoms in total. The van der Waals surface area contributed by atoms with Crippen LogP contribution >= 0.6 is 0 Å². The molecular formula is C22H27NO2. The first kappa shape index (κ1) is 17.5. The van der Waals surface area contributed by atoms with Crippen LogP contribution in [0.15, 0.2) is 48.5 Å². The zero-order valence-electron chi connectivity index (χ0n) is 15.2. The summed E-state index contributed by atoms with van der Waals surface area (Å²) in [6, 6.07) is 16.5. The van der Waals surface area contributed by atoms with Crippen molar-refractivity contribution in [1.29, 1.82) is 0 Å². The number of aryl methyl sites for hydroxylation is 1. The first-order chi connectivity index (χ1) is 12.1. The van der Waals surface area contributed by atoms with E-state index < -0.39 is 5.41 Å². The van der Waals surface area contributed by atoms with Gasteiger partial charge < -0.3 is 10.1 Å². The van der Waals surface area contributed by atoms with Crippen molar-refractivity contribution in [1.82, 2.24) is 5.32 Å². The molecule has 3 rings (SSSR count). The molecule has 2 aromatic rings. The SMILES string of the molecule is COc1cccc(C2(C(=O)NCCc3cccc(C)c3)CCCC2)c1. The quantitative estimate of drug-likeness (QED) is 0.859. The third-order valence-electron chi connectivity index (χ3n) is 5.30. The highest BCUT2D eigenvalue weighted by molar-refractivity contribution is 5.88. The molecule has 1 fully saturated rings. The molecule has 2 aromatic carbocycles. The number of hydrogen-bond acceptors (Lipinski definition) is 2. The highest BCUT2D eigenvalue weighted by atomic mass is 16.5. The Kier molecular flexibility index (Phi) is 5.42. The van der Waals surface area contributed by atoms with Gasteiger partial charge in [0.15, 0.2) is 0 Å². The van der Waals surface area contributed by atoms with Crippen molar-refractivity contribution >= 4 is 5.91 Å². The topological polar surface area (TPSA) is 38.3 Å². The first-order valence-corrected chi connectivity index (χ1v) is 9.12. The molecule has 0 atom stereocenters. The molecule has 1 amide bonds. The molecule has 0 aromatic heterocycles. The first-order valence-electron chi connectivity index (χ1n) is 9.12. The number of amides is 1. The molecule has 0 heterocycles. The van der Waals surface area contributed by atoms with Crippen molar-refractivity contribution in [3.63, 3.8) is 0 Å². The van der Waals surface area contributed by atoms with Crippen molar-refractivity contribution in [2.75, 3.05) is 13.7 Å². The summed E-state index contributed by atoms with van der Waals surface area (Å²) in [5.74, 6) is 0.974. The Balaban J connectivity index is 1.70. The summed E-state index contributed by atoms with van der Waals surface area (Å²) in [5.41, 5.74) is 3.20. The van der Waals surface area contributed by atoms with E-state index in [1.54, 1.807) is 7.11 Å². The third kappa shape index (κ3) is 3.87. The smallest absolute Gasteiger partial charge is 0.230 e. The minimum absolute atomic E-state index is 0.158. The molecule has 0 saturated heterocycles. The standard InChI is InChI=1S/C22H27NO2/c1-17-7-5-8-18(15-17)11-14-23-21(24)22(12-3-4-13-22)19-9-6-10-20(16-19)25-2/h5-10,15-16H,3-4,11-14H2,1-2H3,(H,23,24). The van der Waals surface area contributed by atoms with Gasteiger partial charge in [-0.1, -0.05) is 54.8 Å². The lowest BCUT2D eigenvalue weighted by Crippen LogP contribution is -2.43. The fourth-order valence-corrected chi connectivity index (χ4v) is 3.90. The van der Waals surface area contributed by atoms with Gasteiger partial charge in [-0.25, -0.2) is 0 Å². The molecule has 1 saturated carbocycles. The Hall–Kier alpha value is -2.29. The molecule has 0 aliphatic heterocycles. The number of hydrogen-bond donors (Lipinski definition) is 1. The van der Waals surface area contributed by atoms with E-state index in [-0.39, 0.29) is 5.91 Å². The van der Waals surface area contributed by atoms with E-state index in [1.807, 2.05) is 18.2 Å². The molecule has 0 unspecified atom stereocenters. The van der Waals surface area contributed by atoms with E-state index in [2.05, 4.69) is 42.6 Å². The predicted octanol–water partition coefficient (Wildman–Crippen LogP) is 4.17. The van der Waals surface area contributed by atoms with Gasteiger partial charge in [-0.2, -0.15) is 0 Å². The summed E-state index contributed by atoms with van der Waals surface area (Å²) in [4.78, 5) is 13.1. The van der Waals surface area contributed by atoms with E-state index in [9.17, 15) is 4.79 Å². The van der Waals surface area contributed by atoms with Gasteiger partial charge in [-0.15, -0.1) is 0 Å². The van der Waals surface area contributed by atoms with Gasteiger partial charge in [0, 0.05) is 6.54 Å². The van der Waals surface area contributed by atoms with Crippen LogP contribution in [0.2, 0.25) is 0 Å². The second-order valence-electron chi connectivity index (χ2n) is 7.02. The lowest BCUT2D eigenvalue weighted by molar-refractivity contribution is -0.126. The Labute approximate surface area is 150 Å². The maximum Gasteiger partial charge on any atom is 0.230 e. The highest BCUT2D eigenvalue weighted by Crippen LogP contribution is 2.42. The second-order valence-corrected chi connectivity index (χ2v) is 7.02. The number of carbonyl (C=O) groups excluding carboxylic acids is 1. The largest absolute Gasteiger partial charge is 0.497 e. The fourth-order valence-electron chi connectivity index (χ4n) is 3.90. The van der Waals surface area contributed by atoms with Crippen molar-refractivity contribution < 1.29 is 9.53 Å². The average molecular weight is 337 g/mol. The molecule has 0 bridgehead atoms. The number of rotatable bonds is 6. The Morgan fingerprint density at radius 3 is 2.60 bits per heavy atom. The van der Waals surface area contributed by atoms with Crippen LogP contribution in [0.1, 0.15) is 42.4 Å². The monoisotopic (exact) mass is 337 g/mol. The van der Waals surface area contributed by atoms with Gasteiger partial charge >= 0.3 is 0 Å². The van der Waals surface area contributed by atoms with E-state index in [0.29, 0.717) is 6.54 Å². The lowest BCUT2D eigenvalue weighted by Gasteiger charge is -2.28. The van der Waals surface area contributed by atoms with Gasteiger partial charge in [-0.05, 0) is 49.4 Å². The number of carbonyl (C=O) groups is 1. The van der Waals surface area contributed by atoms with Crippen molar-refractivity contribution in [3.05, 3.63) is 65.2 Å². The molecular weight excluding hydrogens is 310 g/mol. The summed E-state index contributed by atoms with van der Waals surface area (Å²) in [6.45, 7) is 2.77. The van der Waals surface area contributed by atoms with Crippen LogP contribution in [-0.4, -0.2) is 19.6 Å². The van der Waals surface area contributed by atoms with Gasteiger partial charge in [-0.3, -0.25) is 4.79 Å². The summed E-state index contributed by atoms with van der Waals surface area (Å²) in [5, 5.41) is 3.19. The summed E-state index contributed by atoms with van der Waals surface area (Å²) >= 11 is 0. The van der Waals surface area contributed by atoms with Crippen molar-refractivity contribution in [3.8, 4) is 5.75 Å². The van der Waals surface area contributed by atoms with E-state index in [0.717, 1.165) is 43.4 Å². The van der Waals surface area contributed by atoms with Gasteiger partial charge in [0.25, 0.3) is 0 Å². The molecule has 25 heavy (non-hydrogen) atoms. The fraction of sp³-hybridized carbons (Fsp3) is 0.409. The zero-order chi connectivity index (χ0) is 17.7. The van der Waals surface area contributed by atoms with Crippen LogP contribution in [0, 0.1) is 6.92 Å². The number of nitrogens with one attached hydrogen (secondary N) is 1. The lowest BCUT2D eigenvalue weighted by atomic mass is 9.78. The number of benzene rings is 2. The summed E-state index contributed by atoms with van der Waals surface area (Å²) in [7, 11) is 1.67. The molecule has 0 spiro atoms. The van der Waals surface area contributed by atoms with Crippen LogP contribution in [0.3, 0.4) is 0 Å². The van der Waals surface area contributed by atoms with Crippen LogP contribution in [0.4, 0.5) is 0 Å². The van der Waals surface area contributed by atoms with Crippen molar-refractivity contribution in [2.45, 2.75) is 44.4 Å². The number of ether oxygens (including phenoxy) is 1. The van der Waals surface area contributed by atoms with Crippen LogP contribution in [0.5, 0.6) is 5.75 Å². The molecule has 3 heteroatoms. The minimum Gasteiger partial charge on any atom is -0.497 e. The normalized spacial score (nSPS) is 15.8. The Morgan fingerprint density at radius 1 is 1.12 bits per heavy atom. The molecule has 1 aliphatic carbocycles. The molecule has 132 valence electrons. The highest BCUT2D eigenvalue weighted by Gasteiger charge is 2.42. The molecule has 1 N–H and O–H groups in total. The Morgan fingerprint density at radius 2 is 1.88 bits per heavy atom. The summed E-state index contributed by atoms with van der Waals surface area (Å²) in [6.07, 6.45) is 4.89. The Bertz CT molecular complexity index is 732. The van der Waals surface area contributed by atoms with Gasteiger partial charge in [0.05, 0.1) is 12.5 Å². The minimum atomic E-state index is -0.402. The molecule has 0 radical (unpaired) electrons. The van der Waals surface area contributed by atoms with Gasteiger partial charge in [0.1, 0.15) is 5.75 Å². The van der Waals surface area contributed by atoms with Crippen LogP contribution in [-0.2, 0) is 16.6 Å². The van der Waals surface area contributed by atoms with Gasteiger partial charge in [0.2, 0.25) is 5.91 Å². The average Bonchev–Trinajstić information content (AvgIpc) is 3.13. The van der Waals surface area contributed by atoms with E-state index in [1.165, 1.54) is 11.1 Å². The van der Waals surface area contributed by atoms with E-state index >= 15 is 0 Å². The number of methoxy groups -OCH3 is 1. The van der Waals surface area contributed by atoms with Crippen LogP contribution < -0.4 is 10.1 Å². The molecule has 1 aliphatic rings. The third-order valence-corrected chi connectivity index (χ3v) is 5.30. The zero-order valence-corrected chi connectivity index (χ0v) is 15.2. The maximum absolute atomic E-state index is 13.1.